The highest BCUT2D eigenvalue weighted by molar-refractivity contribution is 6.01. The Morgan fingerprint density at radius 1 is 1.55 bits per heavy atom. The molecule has 2 rings (SSSR count). The third-order valence-electron chi connectivity index (χ3n) is 1.54. The van der Waals surface area contributed by atoms with Gasteiger partial charge in [-0.05, 0) is 6.07 Å². The van der Waals surface area contributed by atoms with Gasteiger partial charge in [-0.1, -0.05) is 0 Å². The molecule has 0 bridgehead atoms. The quantitative estimate of drug-likeness (QED) is 0.553. The first kappa shape index (κ1) is 6.15. The molecule has 0 radical (unpaired) electrons. The van der Waals surface area contributed by atoms with E-state index in [0.717, 1.165) is 0 Å². The highest BCUT2D eigenvalue weighted by atomic mass is 16.1. The predicted molar refractivity (Wildman–Crippen MR) is 41.3 cm³/mol. The van der Waals surface area contributed by atoms with E-state index in [2.05, 4.69) is 15.3 Å². The second-order valence-electron chi connectivity index (χ2n) is 2.26. The van der Waals surface area contributed by atoms with E-state index in [1.807, 2.05) is 0 Å². The van der Waals surface area contributed by atoms with E-state index in [-0.39, 0.29) is 5.91 Å². The van der Waals surface area contributed by atoms with Crippen LogP contribution < -0.4 is 5.32 Å². The number of carbonyl (C=O) groups is 1. The van der Waals surface area contributed by atoms with Crippen molar-refractivity contribution in [2.45, 2.75) is 0 Å². The molecule has 0 saturated carbocycles. The molecule has 0 aromatic carbocycles. The van der Waals surface area contributed by atoms with Crippen LogP contribution in [-0.4, -0.2) is 23.7 Å². The Hall–Kier alpha value is -1.58. The smallest absolute Gasteiger partial charge is 0.255 e. The largest absolute Gasteiger partial charge is 0.347 e. The Kier molecular flexibility index (Phi) is 1.25. The summed E-state index contributed by atoms with van der Waals surface area (Å²) in [7, 11) is 0. The molecule has 0 atom stereocenters. The normalized spacial score (nSPS) is 15.5. The van der Waals surface area contributed by atoms with Crippen molar-refractivity contribution in [3.05, 3.63) is 17.8 Å². The van der Waals surface area contributed by atoms with E-state index in [0.29, 0.717) is 17.9 Å². The number of rotatable bonds is 0. The van der Waals surface area contributed by atoms with Gasteiger partial charge in [0, 0.05) is 12.4 Å². The minimum atomic E-state index is -0.0706. The van der Waals surface area contributed by atoms with Crippen LogP contribution in [0.1, 0.15) is 10.4 Å². The van der Waals surface area contributed by atoms with Crippen molar-refractivity contribution in [3.8, 4) is 0 Å². The molecule has 4 nitrogen and oxygen atoms in total. The summed E-state index contributed by atoms with van der Waals surface area (Å²) < 4.78 is 0. The second kappa shape index (κ2) is 2.23. The lowest BCUT2D eigenvalue weighted by molar-refractivity contribution is 0.0961. The van der Waals surface area contributed by atoms with Crippen LogP contribution in [0.3, 0.4) is 0 Å². The van der Waals surface area contributed by atoms with E-state index < -0.39 is 0 Å². The van der Waals surface area contributed by atoms with Gasteiger partial charge in [0.1, 0.15) is 5.82 Å². The van der Waals surface area contributed by atoms with Gasteiger partial charge in [-0.2, -0.15) is 0 Å². The lowest BCUT2D eigenvalue weighted by Gasteiger charge is -1.94. The minimum Gasteiger partial charge on any atom is -0.347 e. The SMILES string of the molecule is O=C1NCC=Nc2[nH]ccc21. The maximum atomic E-state index is 11.2. The molecule has 0 spiro atoms. The zero-order chi connectivity index (χ0) is 7.68. The van der Waals surface area contributed by atoms with Crippen LogP contribution in [0.5, 0.6) is 0 Å². The maximum absolute atomic E-state index is 11.2. The summed E-state index contributed by atoms with van der Waals surface area (Å²) in [5, 5.41) is 2.68. The highest BCUT2D eigenvalue weighted by Crippen LogP contribution is 2.16. The molecule has 1 aliphatic rings. The van der Waals surface area contributed by atoms with Gasteiger partial charge in [-0.15, -0.1) is 0 Å². The van der Waals surface area contributed by atoms with Crippen LogP contribution >= 0.6 is 0 Å². The number of aliphatic imine (C=N–C) groups is 1. The lowest BCUT2D eigenvalue weighted by atomic mass is 10.3. The van der Waals surface area contributed by atoms with Crippen LogP contribution in [0.4, 0.5) is 5.82 Å². The summed E-state index contributed by atoms with van der Waals surface area (Å²) in [6.07, 6.45) is 3.37. The molecule has 4 heteroatoms. The number of fused-ring (bicyclic) bond motifs is 1. The van der Waals surface area contributed by atoms with E-state index in [1.54, 1.807) is 18.5 Å². The van der Waals surface area contributed by atoms with Gasteiger partial charge >= 0.3 is 0 Å². The molecule has 11 heavy (non-hydrogen) atoms. The van der Waals surface area contributed by atoms with E-state index in [4.69, 9.17) is 0 Å². The predicted octanol–water partition coefficient (Wildman–Crippen LogP) is 0.460. The first-order valence-corrected chi connectivity index (χ1v) is 3.36. The Labute approximate surface area is 63.3 Å². The van der Waals surface area contributed by atoms with E-state index >= 15 is 0 Å². The molecule has 1 amide bonds. The molecular formula is C7H7N3O. The van der Waals surface area contributed by atoms with Gasteiger partial charge in [0.2, 0.25) is 0 Å². The van der Waals surface area contributed by atoms with Crippen molar-refractivity contribution in [2.24, 2.45) is 4.99 Å². The molecule has 1 aromatic heterocycles. The average Bonchev–Trinajstić information content (AvgIpc) is 2.40. The lowest BCUT2D eigenvalue weighted by Crippen LogP contribution is -2.23. The first-order chi connectivity index (χ1) is 5.38. The first-order valence-electron chi connectivity index (χ1n) is 3.36. The van der Waals surface area contributed by atoms with Gasteiger partial charge in [-0.3, -0.25) is 4.79 Å². The van der Waals surface area contributed by atoms with Crippen molar-refractivity contribution in [1.29, 1.82) is 0 Å². The van der Waals surface area contributed by atoms with Crippen LogP contribution in [0, 0.1) is 0 Å². The van der Waals surface area contributed by atoms with Gasteiger partial charge in [0.25, 0.3) is 5.91 Å². The van der Waals surface area contributed by atoms with Crippen LogP contribution in [0.25, 0.3) is 0 Å². The Bertz CT molecular complexity index is 313. The standard InChI is InChI=1S/C7H7N3O/c11-7-5-1-2-8-6(5)9-3-4-10-7/h1-3,8H,4H2,(H,10,11). The molecule has 1 aliphatic heterocycles. The molecule has 0 unspecified atom stereocenters. The Morgan fingerprint density at radius 3 is 3.36 bits per heavy atom. The molecule has 2 heterocycles. The summed E-state index contributed by atoms with van der Waals surface area (Å²) in [5.41, 5.74) is 0.610. The number of aromatic nitrogens is 1. The van der Waals surface area contributed by atoms with Gasteiger partial charge in [0.05, 0.1) is 12.1 Å². The Balaban J connectivity index is 2.53. The fourth-order valence-electron chi connectivity index (χ4n) is 1.02. The van der Waals surface area contributed by atoms with Crippen LogP contribution in [0.15, 0.2) is 17.3 Å². The number of amides is 1. The van der Waals surface area contributed by atoms with E-state index in [9.17, 15) is 4.79 Å². The van der Waals surface area contributed by atoms with Crippen LogP contribution in [-0.2, 0) is 0 Å². The number of H-pyrrole nitrogens is 1. The van der Waals surface area contributed by atoms with Crippen LogP contribution in [0.2, 0.25) is 0 Å². The fourth-order valence-corrected chi connectivity index (χ4v) is 1.02. The number of hydrogen-bond acceptors (Lipinski definition) is 2. The third-order valence-corrected chi connectivity index (χ3v) is 1.54. The summed E-state index contributed by atoms with van der Waals surface area (Å²) >= 11 is 0. The molecule has 2 N–H and O–H groups in total. The average molecular weight is 149 g/mol. The number of aromatic amines is 1. The summed E-state index contributed by atoms with van der Waals surface area (Å²) in [6.45, 7) is 0.501. The van der Waals surface area contributed by atoms with E-state index in [1.165, 1.54) is 0 Å². The summed E-state index contributed by atoms with van der Waals surface area (Å²) in [4.78, 5) is 18.1. The molecular weight excluding hydrogens is 142 g/mol. The third kappa shape index (κ3) is 0.920. The van der Waals surface area contributed by atoms with Crippen molar-refractivity contribution in [3.63, 3.8) is 0 Å². The van der Waals surface area contributed by atoms with Crippen molar-refractivity contribution < 1.29 is 4.79 Å². The number of nitrogens with zero attached hydrogens (tertiary/aromatic N) is 1. The van der Waals surface area contributed by atoms with Crippen molar-refractivity contribution in [1.82, 2.24) is 10.3 Å². The molecule has 0 aliphatic carbocycles. The van der Waals surface area contributed by atoms with Gasteiger partial charge < -0.3 is 10.3 Å². The molecule has 1 aromatic rings. The molecule has 0 fully saturated rings. The maximum Gasteiger partial charge on any atom is 0.255 e. The highest BCUT2D eigenvalue weighted by Gasteiger charge is 2.12. The zero-order valence-corrected chi connectivity index (χ0v) is 5.79. The number of carbonyl (C=O) groups excluding carboxylic acids is 1. The van der Waals surface area contributed by atoms with Gasteiger partial charge in [0.15, 0.2) is 0 Å². The zero-order valence-electron chi connectivity index (χ0n) is 5.79. The molecule has 0 saturated heterocycles. The summed E-state index contributed by atoms with van der Waals surface area (Å²) in [6, 6.07) is 1.72. The second-order valence-corrected chi connectivity index (χ2v) is 2.26. The van der Waals surface area contributed by atoms with Crippen molar-refractivity contribution in [2.75, 3.05) is 6.54 Å². The topological polar surface area (TPSA) is 57.2 Å². The number of hydrogen-bond donors (Lipinski definition) is 2. The van der Waals surface area contributed by atoms with Gasteiger partial charge in [-0.25, -0.2) is 4.99 Å². The number of nitrogens with one attached hydrogen (secondary N) is 2. The monoisotopic (exact) mass is 149 g/mol. The Morgan fingerprint density at radius 2 is 2.45 bits per heavy atom. The fraction of sp³-hybridized carbons (Fsp3) is 0.143. The van der Waals surface area contributed by atoms with Crippen molar-refractivity contribution >= 4 is 17.9 Å². The summed E-state index contributed by atoms with van der Waals surface area (Å²) in [5.74, 6) is 0.568. The molecule has 56 valence electrons. The minimum absolute atomic E-state index is 0.0706.